The molecule has 2 heterocycles. The number of benzene rings is 2. The van der Waals surface area contributed by atoms with Crippen LogP contribution in [0.15, 0.2) is 48.5 Å². The SMILES string of the molecule is CCOCCCN1C(=O)c2[nH]nc(-c3ccccc3O)c2[C@@H]1c1cccc(OC)c1. The first-order valence-corrected chi connectivity index (χ1v) is 10.0. The van der Waals surface area contributed by atoms with E-state index in [2.05, 4.69) is 10.2 Å². The van der Waals surface area contributed by atoms with Crippen LogP contribution in [0.3, 0.4) is 0 Å². The van der Waals surface area contributed by atoms with Crippen LogP contribution < -0.4 is 4.74 Å². The third-order valence-electron chi connectivity index (χ3n) is 5.32. The number of phenolic OH excluding ortho intramolecular Hbond substituents is 1. The molecule has 0 spiro atoms. The number of amides is 1. The number of hydrogen-bond acceptors (Lipinski definition) is 5. The highest BCUT2D eigenvalue weighted by molar-refractivity contribution is 6.00. The van der Waals surface area contributed by atoms with Crippen LogP contribution in [0, 0.1) is 0 Å². The molecule has 0 aliphatic carbocycles. The van der Waals surface area contributed by atoms with Crippen LogP contribution in [0.2, 0.25) is 0 Å². The van der Waals surface area contributed by atoms with Gasteiger partial charge in [0.15, 0.2) is 0 Å². The number of fused-ring (bicyclic) bond motifs is 1. The van der Waals surface area contributed by atoms with Crippen LogP contribution in [-0.2, 0) is 4.74 Å². The number of aromatic amines is 1. The third-order valence-corrected chi connectivity index (χ3v) is 5.32. The standard InChI is InChI=1S/C23H25N3O4/c1-3-30-13-7-12-26-22(15-8-6-9-16(14-15)29-2)19-20(24-25-21(19)23(26)28)17-10-4-5-11-18(17)27/h4-6,8-11,14,22,27H,3,7,12-13H2,1-2H3,(H,24,25)/t22-/m0/s1. The van der Waals surface area contributed by atoms with Gasteiger partial charge >= 0.3 is 0 Å². The van der Waals surface area contributed by atoms with Crippen molar-refractivity contribution in [3.63, 3.8) is 0 Å². The molecule has 1 aromatic heterocycles. The zero-order chi connectivity index (χ0) is 21.1. The lowest BCUT2D eigenvalue weighted by molar-refractivity contribution is 0.0710. The average molecular weight is 407 g/mol. The van der Waals surface area contributed by atoms with E-state index in [1.807, 2.05) is 42.2 Å². The molecule has 2 aromatic carbocycles. The Hall–Kier alpha value is -3.32. The van der Waals surface area contributed by atoms with E-state index in [1.165, 1.54) is 0 Å². The van der Waals surface area contributed by atoms with E-state index in [4.69, 9.17) is 9.47 Å². The summed E-state index contributed by atoms with van der Waals surface area (Å²) in [6, 6.07) is 14.4. The van der Waals surface area contributed by atoms with E-state index in [0.717, 1.165) is 23.3 Å². The maximum Gasteiger partial charge on any atom is 0.273 e. The lowest BCUT2D eigenvalue weighted by Gasteiger charge is -2.26. The molecule has 1 aliphatic heterocycles. The van der Waals surface area contributed by atoms with Crippen LogP contribution in [-0.4, -0.2) is 53.0 Å². The van der Waals surface area contributed by atoms with E-state index in [9.17, 15) is 9.90 Å². The average Bonchev–Trinajstić information content (AvgIpc) is 3.31. The molecule has 2 N–H and O–H groups in total. The smallest absolute Gasteiger partial charge is 0.273 e. The van der Waals surface area contributed by atoms with Gasteiger partial charge in [-0.25, -0.2) is 0 Å². The molecule has 1 atom stereocenters. The lowest BCUT2D eigenvalue weighted by Crippen LogP contribution is -2.31. The van der Waals surface area contributed by atoms with Crippen LogP contribution in [0.1, 0.15) is 41.0 Å². The number of para-hydroxylation sites is 1. The fraction of sp³-hybridized carbons (Fsp3) is 0.304. The molecule has 30 heavy (non-hydrogen) atoms. The first-order valence-electron chi connectivity index (χ1n) is 10.0. The summed E-state index contributed by atoms with van der Waals surface area (Å²) < 4.78 is 10.9. The highest BCUT2D eigenvalue weighted by Gasteiger charge is 2.42. The van der Waals surface area contributed by atoms with Gasteiger partial charge < -0.3 is 19.5 Å². The lowest BCUT2D eigenvalue weighted by atomic mass is 9.95. The number of phenols is 1. The number of aromatic nitrogens is 2. The van der Waals surface area contributed by atoms with Crippen molar-refractivity contribution in [2.45, 2.75) is 19.4 Å². The molecule has 0 radical (unpaired) electrons. The number of rotatable bonds is 8. The van der Waals surface area contributed by atoms with E-state index in [1.54, 1.807) is 25.3 Å². The highest BCUT2D eigenvalue weighted by atomic mass is 16.5. The summed E-state index contributed by atoms with van der Waals surface area (Å²) in [6.45, 7) is 3.73. The van der Waals surface area contributed by atoms with Crippen molar-refractivity contribution in [2.24, 2.45) is 0 Å². The molecule has 0 unspecified atom stereocenters. The van der Waals surface area contributed by atoms with Gasteiger partial charge in [0.2, 0.25) is 0 Å². The normalized spacial score (nSPS) is 15.5. The number of H-pyrrole nitrogens is 1. The third kappa shape index (κ3) is 3.52. The fourth-order valence-corrected chi connectivity index (χ4v) is 3.95. The molecule has 1 aliphatic rings. The first kappa shape index (κ1) is 20.0. The van der Waals surface area contributed by atoms with Crippen LogP contribution in [0.4, 0.5) is 0 Å². The molecule has 4 rings (SSSR count). The minimum absolute atomic E-state index is 0.108. The predicted molar refractivity (Wildman–Crippen MR) is 113 cm³/mol. The van der Waals surface area contributed by atoms with Crippen LogP contribution in [0.25, 0.3) is 11.3 Å². The molecule has 0 saturated carbocycles. The summed E-state index contributed by atoms with van der Waals surface area (Å²) >= 11 is 0. The van der Waals surface area contributed by atoms with E-state index in [-0.39, 0.29) is 17.7 Å². The molecule has 7 nitrogen and oxygen atoms in total. The predicted octanol–water partition coefficient (Wildman–Crippen LogP) is 3.76. The second-order valence-electron chi connectivity index (χ2n) is 7.11. The number of nitrogens with one attached hydrogen (secondary N) is 1. The second-order valence-corrected chi connectivity index (χ2v) is 7.11. The molecule has 3 aromatic rings. The van der Waals surface area contributed by atoms with Crippen molar-refractivity contribution in [1.82, 2.24) is 15.1 Å². The van der Waals surface area contributed by atoms with Gasteiger partial charge in [0, 0.05) is 30.9 Å². The van der Waals surface area contributed by atoms with Gasteiger partial charge in [-0.2, -0.15) is 5.10 Å². The van der Waals surface area contributed by atoms with Gasteiger partial charge in [-0.3, -0.25) is 9.89 Å². The highest BCUT2D eigenvalue weighted by Crippen LogP contribution is 2.44. The number of ether oxygens (including phenoxy) is 2. The Morgan fingerprint density at radius 3 is 2.80 bits per heavy atom. The van der Waals surface area contributed by atoms with Crippen molar-refractivity contribution < 1.29 is 19.4 Å². The number of carbonyl (C=O) groups is 1. The molecular weight excluding hydrogens is 382 g/mol. The minimum Gasteiger partial charge on any atom is -0.507 e. The Labute approximate surface area is 175 Å². The number of hydrogen-bond donors (Lipinski definition) is 2. The summed E-state index contributed by atoms with van der Waals surface area (Å²) in [5.41, 5.74) is 3.32. The van der Waals surface area contributed by atoms with Crippen molar-refractivity contribution in [3.05, 3.63) is 65.4 Å². The van der Waals surface area contributed by atoms with E-state index in [0.29, 0.717) is 36.7 Å². The Balaban J connectivity index is 1.80. The second kappa shape index (κ2) is 8.59. The number of nitrogens with zero attached hydrogens (tertiary/aromatic N) is 2. The largest absolute Gasteiger partial charge is 0.507 e. The van der Waals surface area contributed by atoms with Gasteiger partial charge in [0.05, 0.1) is 13.2 Å². The van der Waals surface area contributed by atoms with Crippen molar-refractivity contribution in [1.29, 1.82) is 0 Å². The molecule has 1 amide bonds. The fourth-order valence-electron chi connectivity index (χ4n) is 3.95. The Bertz CT molecular complexity index is 1050. The quantitative estimate of drug-likeness (QED) is 0.555. The summed E-state index contributed by atoms with van der Waals surface area (Å²) in [5, 5.41) is 17.7. The minimum atomic E-state index is -0.336. The van der Waals surface area contributed by atoms with Gasteiger partial charge in [-0.1, -0.05) is 24.3 Å². The molecular formula is C23H25N3O4. The Kier molecular flexibility index (Phi) is 5.72. The van der Waals surface area contributed by atoms with Gasteiger partial charge in [-0.15, -0.1) is 0 Å². The Morgan fingerprint density at radius 1 is 1.20 bits per heavy atom. The van der Waals surface area contributed by atoms with Gasteiger partial charge in [0.25, 0.3) is 5.91 Å². The van der Waals surface area contributed by atoms with Crippen LogP contribution >= 0.6 is 0 Å². The van der Waals surface area contributed by atoms with Gasteiger partial charge in [-0.05, 0) is 43.2 Å². The Morgan fingerprint density at radius 2 is 2.03 bits per heavy atom. The van der Waals surface area contributed by atoms with E-state index < -0.39 is 0 Å². The molecule has 7 heteroatoms. The summed E-state index contributed by atoms with van der Waals surface area (Å²) in [7, 11) is 1.62. The van der Waals surface area contributed by atoms with Crippen molar-refractivity contribution in [2.75, 3.05) is 26.9 Å². The summed E-state index contributed by atoms with van der Waals surface area (Å²) in [6.07, 6.45) is 0.726. The maximum absolute atomic E-state index is 13.2. The van der Waals surface area contributed by atoms with Crippen molar-refractivity contribution >= 4 is 5.91 Å². The van der Waals surface area contributed by atoms with Crippen molar-refractivity contribution in [3.8, 4) is 22.8 Å². The zero-order valence-corrected chi connectivity index (χ0v) is 17.1. The number of methoxy groups -OCH3 is 1. The molecule has 0 fully saturated rings. The monoisotopic (exact) mass is 407 g/mol. The topological polar surface area (TPSA) is 87.7 Å². The molecule has 0 bridgehead atoms. The number of carbonyl (C=O) groups excluding carboxylic acids is 1. The summed E-state index contributed by atoms with van der Waals surface area (Å²) in [5.74, 6) is 0.734. The van der Waals surface area contributed by atoms with E-state index >= 15 is 0 Å². The molecule has 0 saturated heterocycles. The zero-order valence-electron chi connectivity index (χ0n) is 17.1. The number of aromatic hydroxyl groups is 1. The van der Waals surface area contributed by atoms with Gasteiger partial charge in [0.1, 0.15) is 22.9 Å². The van der Waals surface area contributed by atoms with Crippen LogP contribution in [0.5, 0.6) is 11.5 Å². The summed E-state index contributed by atoms with van der Waals surface area (Å²) in [4.78, 5) is 15.1. The maximum atomic E-state index is 13.2. The molecule has 156 valence electrons. The first-order chi connectivity index (χ1) is 14.7.